The molecule has 1 fully saturated rings. The van der Waals surface area contributed by atoms with Gasteiger partial charge < -0.3 is 14.7 Å². The fourth-order valence-electron chi connectivity index (χ4n) is 4.10. The predicted molar refractivity (Wildman–Crippen MR) is 110 cm³/mol. The van der Waals surface area contributed by atoms with Crippen LogP contribution in [0.3, 0.4) is 0 Å². The number of ether oxygens (including phenoxy) is 1. The highest BCUT2D eigenvalue weighted by Gasteiger charge is 2.43. The number of rotatable bonds is 5. The molecule has 2 aliphatic heterocycles. The number of anilines is 1. The number of halogens is 1. The Labute approximate surface area is 174 Å². The van der Waals surface area contributed by atoms with Gasteiger partial charge in [0.25, 0.3) is 11.8 Å². The van der Waals surface area contributed by atoms with Gasteiger partial charge in [0.1, 0.15) is 17.3 Å². The molecule has 2 aliphatic rings. The summed E-state index contributed by atoms with van der Waals surface area (Å²) in [5.74, 6) is -0.815. The van der Waals surface area contributed by atoms with E-state index in [1.807, 2.05) is 4.90 Å². The second-order valence-electron chi connectivity index (χ2n) is 7.51. The average Bonchev–Trinajstić information content (AvgIpc) is 3.03. The van der Waals surface area contributed by atoms with Gasteiger partial charge in [-0.3, -0.25) is 9.59 Å². The molecule has 0 aliphatic carbocycles. The third-order valence-electron chi connectivity index (χ3n) is 5.60. The van der Waals surface area contributed by atoms with Gasteiger partial charge in [0.2, 0.25) is 0 Å². The molecule has 0 saturated carbocycles. The minimum atomic E-state index is -0.522. The monoisotopic (exact) mass is 410 g/mol. The van der Waals surface area contributed by atoms with Crippen LogP contribution < -0.4 is 9.64 Å². The highest BCUT2D eigenvalue weighted by Crippen LogP contribution is 2.37. The number of methoxy groups -OCH3 is 1. The first kappa shape index (κ1) is 20.1. The SMILES string of the molecule is COc1ccc(C2=C(N3CCCC(CO)C3)C(=O)N(c3cccc(F)c3)C2=O)cc1. The van der Waals surface area contributed by atoms with E-state index in [0.29, 0.717) is 30.1 Å². The Balaban J connectivity index is 1.81. The van der Waals surface area contributed by atoms with Gasteiger partial charge in [0, 0.05) is 19.7 Å². The van der Waals surface area contributed by atoms with E-state index < -0.39 is 17.6 Å². The molecule has 1 unspecified atom stereocenters. The summed E-state index contributed by atoms with van der Waals surface area (Å²) in [7, 11) is 1.55. The van der Waals surface area contributed by atoms with Crippen molar-refractivity contribution in [2.75, 3.05) is 31.7 Å². The lowest BCUT2D eigenvalue weighted by atomic mass is 9.97. The first-order valence-electron chi connectivity index (χ1n) is 9.92. The number of carbonyl (C=O) groups excluding carboxylic acids is 2. The molecular formula is C23H23FN2O4. The van der Waals surface area contributed by atoms with Crippen molar-refractivity contribution in [2.45, 2.75) is 12.8 Å². The first-order chi connectivity index (χ1) is 14.5. The smallest absolute Gasteiger partial charge is 0.282 e. The van der Waals surface area contributed by atoms with Gasteiger partial charge in [-0.15, -0.1) is 0 Å². The van der Waals surface area contributed by atoms with E-state index in [-0.39, 0.29) is 23.8 Å². The molecule has 1 N–H and O–H groups in total. The minimum Gasteiger partial charge on any atom is -0.497 e. The van der Waals surface area contributed by atoms with Gasteiger partial charge in [-0.25, -0.2) is 9.29 Å². The van der Waals surface area contributed by atoms with Gasteiger partial charge in [0.15, 0.2) is 0 Å². The Hall–Kier alpha value is -3.19. The predicted octanol–water partition coefficient (Wildman–Crippen LogP) is 2.82. The summed E-state index contributed by atoms with van der Waals surface area (Å²) in [5.41, 5.74) is 1.37. The van der Waals surface area contributed by atoms with Crippen LogP contribution in [0.2, 0.25) is 0 Å². The van der Waals surface area contributed by atoms with Crippen LogP contribution in [0.5, 0.6) is 5.75 Å². The molecule has 2 aromatic carbocycles. The van der Waals surface area contributed by atoms with Gasteiger partial charge in [0.05, 0.1) is 18.4 Å². The summed E-state index contributed by atoms with van der Waals surface area (Å²) in [5, 5.41) is 9.61. The third kappa shape index (κ3) is 3.57. The van der Waals surface area contributed by atoms with E-state index in [1.54, 1.807) is 37.4 Å². The number of aliphatic hydroxyl groups excluding tert-OH is 1. The van der Waals surface area contributed by atoms with Crippen LogP contribution in [0.1, 0.15) is 18.4 Å². The number of carbonyl (C=O) groups is 2. The molecule has 0 bridgehead atoms. The van der Waals surface area contributed by atoms with Crippen molar-refractivity contribution < 1.29 is 23.8 Å². The largest absolute Gasteiger partial charge is 0.497 e. The number of nitrogens with zero attached hydrogens (tertiary/aromatic N) is 2. The van der Waals surface area contributed by atoms with Crippen molar-refractivity contribution >= 4 is 23.1 Å². The lowest BCUT2D eigenvalue weighted by Gasteiger charge is -2.34. The van der Waals surface area contributed by atoms with E-state index in [4.69, 9.17) is 4.74 Å². The third-order valence-corrected chi connectivity index (χ3v) is 5.60. The van der Waals surface area contributed by atoms with Gasteiger partial charge in [-0.1, -0.05) is 18.2 Å². The molecule has 0 radical (unpaired) electrons. The normalized spacial score (nSPS) is 19.6. The highest BCUT2D eigenvalue weighted by molar-refractivity contribution is 6.45. The molecule has 2 heterocycles. The number of benzene rings is 2. The molecular weight excluding hydrogens is 387 g/mol. The van der Waals surface area contributed by atoms with Crippen molar-refractivity contribution in [1.82, 2.24) is 4.90 Å². The number of likely N-dealkylation sites (tertiary alicyclic amines) is 1. The van der Waals surface area contributed by atoms with Crippen LogP contribution in [0.15, 0.2) is 54.2 Å². The quantitative estimate of drug-likeness (QED) is 0.768. The van der Waals surface area contributed by atoms with Crippen molar-refractivity contribution in [2.24, 2.45) is 5.92 Å². The number of amides is 2. The average molecular weight is 410 g/mol. The zero-order chi connectivity index (χ0) is 21.3. The summed E-state index contributed by atoms with van der Waals surface area (Å²) in [6.07, 6.45) is 1.68. The molecule has 1 atom stereocenters. The zero-order valence-electron chi connectivity index (χ0n) is 16.7. The van der Waals surface area contributed by atoms with Crippen molar-refractivity contribution in [3.05, 3.63) is 65.6 Å². The fourth-order valence-corrected chi connectivity index (χ4v) is 4.10. The summed E-state index contributed by atoms with van der Waals surface area (Å²) in [4.78, 5) is 29.7. The fraction of sp³-hybridized carbons (Fsp3) is 0.304. The van der Waals surface area contributed by atoms with E-state index >= 15 is 0 Å². The number of piperidine rings is 1. The van der Waals surface area contributed by atoms with E-state index in [0.717, 1.165) is 17.7 Å². The molecule has 7 heteroatoms. The molecule has 2 aromatic rings. The topological polar surface area (TPSA) is 70.1 Å². The van der Waals surface area contributed by atoms with E-state index in [2.05, 4.69) is 0 Å². The Bertz CT molecular complexity index is 1000. The first-order valence-corrected chi connectivity index (χ1v) is 9.92. The van der Waals surface area contributed by atoms with Crippen LogP contribution >= 0.6 is 0 Å². The van der Waals surface area contributed by atoms with Crippen LogP contribution in [0.4, 0.5) is 10.1 Å². The second-order valence-corrected chi connectivity index (χ2v) is 7.51. The maximum atomic E-state index is 13.8. The van der Waals surface area contributed by atoms with Crippen molar-refractivity contribution in [3.63, 3.8) is 0 Å². The summed E-state index contributed by atoms with van der Waals surface area (Å²) in [6, 6.07) is 12.4. The molecule has 4 rings (SSSR count). The van der Waals surface area contributed by atoms with Crippen molar-refractivity contribution in [3.8, 4) is 5.75 Å². The lowest BCUT2D eigenvalue weighted by molar-refractivity contribution is -0.120. The Kier molecular flexibility index (Phi) is 5.55. The second kappa shape index (κ2) is 8.28. The number of imide groups is 1. The van der Waals surface area contributed by atoms with E-state index in [1.165, 1.54) is 18.2 Å². The zero-order valence-corrected chi connectivity index (χ0v) is 16.7. The van der Waals surface area contributed by atoms with Crippen LogP contribution in [-0.2, 0) is 9.59 Å². The molecule has 6 nitrogen and oxygen atoms in total. The highest BCUT2D eigenvalue weighted by atomic mass is 19.1. The molecule has 0 spiro atoms. The summed E-state index contributed by atoms with van der Waals surface area (Å²) >= 11 is 0. The summed E-state index contributed by atoms with van der Waals surface area (Å²) < 4.78 is 19.0. The van der Waals surface area contributed by atoms with Gasteiger partial charge >= 0.3 is 0 Å². The van der Waals surface area contributed by atoms with Crippen LogP contribution in [0.25, 0.3) is 5.57 Å². The Morgan fingerprint density at radius 3 is 2.57 bits per heavy atom. The molecule has 30 heavy (non-hydrogen) atoms. The Morgan fingerprint density at radius 2 is 1.90 bits per heavy atom. The molecule has 0 aromatic heterocycles. The Morgan fingerprint density at radius 1 is 1.13 bits per heavy atom. The minimum absolute atomic E-state index is 0.0252. The number of aliphatic hydroxyl groups is 1. The standard InChI is InChI=1S/C23H23FN2O4/c1-30-19-9-7-16(8-10-19)20-21(25-11-3-4-15(13-25)14-27)23(29)26(22(20)28)18-6-2-5-17(24)12-18/h2,5-10,12,15,27H,3-4,11,13-14H2,1H3. The molecule has 1 saturated heterocycles. The van der Waals surface area contributed by atoms with Crippen LogP contribution in [0, 0.1) is 11.7 Å². The van der Waals surface area contributed by atoms with Crippen molar-refractivity contribution in [1.29, 1.82) is 0 Å². The van der Waals surface area contributed by atoms with Gasteiger partial charge in [-0.2, -0.15) is 0 Å². The lowest BCUT2D eigenvalue weighted by Crippen LogP contribution is -2.40. The maximum Gasteiger partial charge on any atom is 0.282 e. The maximum absolute atomic E-state index is 13.8. The van der Waals surface area contributed by atoms with E-state index in [9.17, 15) is 19.1 Å². The van der Waals surface area contributed by atoms with Crippen LogP contribution in [-0.4, -0.2) is 48.6 Å². The molecule has 156 valence electrons. The van der Waals surface area contributed by atoms with Gasteiger partial charge in [-0.05, 0) is 54.7 Å². The molecule has 2 amide bonds. The number of hydrogen-bond donors (Lipinski definition) is 1. The summed E-state index contributed by atoms with van der Waals surface area (Å²) in [6.45, 7) is 1.13. The number of hydrogen-bond acceptors (Lipinski definition) is 5.